The van der Waals surface area contributed by atoms with Gasteiger partial charge in [-0.25, -0.2) is 0 Å². The van der Waals surface area contributed by atoms with Gasteiger partial charge in [0.1, 0.15) is 0 Å². The van der Waals surface area contributed by atoms with E-state index < -0.39 is 0 Å². The van der Waals surface area contributed by atoms with Crippen LogP contribution in [0.2, 0.25) is 0 Å². The second-order valence-corrected chi connectivity index (χ2v) is 3.28. The lowest BCUT2D eigenvalue weighted by Crippen LogP contribution is -1.95. The maximum Gasteiger partial charge on any atom is 0.0802 e. The van der Waals surface area contributed by atoms with Gasteiger partial charge in [0.05, 0.1) is 6.10 Å². The maximum atomic E-state index is 9.39. The topological polar surface area (TPSA) is 33.1 Å². The molecule has 1 aromatic rings. The van der Waals surface area contributed by atoms with E-state index in [0.717, 1.165) is 16.5 Å². The Balaban J connectivity index is 2.86. The van der Waals surface area contributed by atoms with Crippen molar-refractivity contribution in [2.45, 2.75) is 19.4 Å². The Labute approximate surface area is 74.4 Å². The molecule has 0 radical (unpaired) electrons. The highest BCUT2D eigenvalue weighted by Gasteiger charge is 2.04. The van der Waals surface area contributed by atoms with Crippen LogP contribution in [0.5, 0.6) is 0 Å². The second kappa shape index (κ2) is 3.83. The zero-order chi connectivity index (χ0) is 8.27. The molecule has 11 heavy (non-hydrogen) atoms. The van der Waals surface area contributed by atoms with Crippen molar-refractivity contribution in [3.63, 3.8) is 0 Å². The van der Waals surface area contributed by atoms with Crippen LogP contribution < -0.4 is 0 Å². The van der Waals surface area contributed by atoms with Crippen LogP contribution in [0.15, 0.2) is 22.9 Å². The number of halogens is 1. The van der Waals surface area contributed by atoms with E-state index in [1.165, 1.54) is 0 Å². The summed E-state index contributed by atoms with van der Waals surface area (Å²) in [5.41, 5.74) is 0.863. The zero-order valence-electron chi connectivity index (χ0n) is 6.29. The lowest BCUT2D eigenvalue weighted by molar-refractivity contribution is 0.173. The van der Waals surface area contributed by atoms with Crippen molar-refractivity contribution in [2.24, 2.45) is 0 Å². The summed E-state index contributed by atoms with van der Waals surface area (Å²) in [6, 6.07) is 1.88. The molecular formula is C8H10BrNO. The number of aromatic nitrogens is 1. The first kappa shape index (κ1) is 8.68. The van der Waals surface area contributed by atoms with E-state index in [1.54, 1.807) is 12.4 Å². The quantitative estimate of drug-likeness (QED) is 0.822. The molecule has 0 bridgehead atoms. The molecule has 0 fully saturated rings. The van der Waals surface area contributed by atoms with Crippen LogP contribution in [0.1, 0.15) is 25.0 Å². The predicted octanol–water partition coefficient (Wildman–Crippen LogP) is 2.29. The van der Waals surface area contributed by atoms with Gasteiger partial charge in [-0.1, -0.05) is 6.92 Å². The minimum atomic E-state index is -0.389. The first-order chi connectivity index (χ1) is 5.24. The smallest absolute Gasteiger partial charge is 0.0802 e. The third kappa shape index (κ3) is 2.27. The SMILES string of the molecule is CC[C@H](O)c1cncc(Br)c1. The van der Waals surface area contributed by atoms with Gasteiger partial charge in [0.25, 0.3) is 0 Å². The van der Waals surface area contributed by atoms with Gasteiger partial charge < -0.3 is 5.11 Å². The first-order valence-electron chi connectivity index (χ1n) is 3.52. The molecule has 2 nitrogen and oxygen atoms in total. The summed E-state index contributed by atoms with van der Waals surface area (Å²) >= 11 is 3.29. The minimum Gasteiger partial charge on any atom is -0.388 e. The standard InChI is InChI=1S/C8H10BrNO/c1-2-8(11)6-3-7(9)5-10-4-6/h3-5,8,11H,2H2,1H3/t8-/m0/s1. The van der Waals surface area contributed by atoms with Gasteiger partial charge in [-0.15, -0.1) is 0 Å². The van der Waals surface area contributed by atoms with E-state index in [9.17, 15) is 5.11 Å². The zero-order valence-corrected chi connectivity index (χ0v) is 7.87. The molecule has 0 spiro atoms. The van der Waals surface area contributed by atoms with Gasteiger partial charge in [0.2, 0.25) is 0 Å². The van der Waals surface area contributed by atoms with E-state index in [2.05, 4.69) is 20.9 Å². The van der Waals surface area contributed by atoms with Crippen LogP contribution >= 0.6 is 15.9 Å². The number of pyridine rings is 1. The van der Waals surface area contributed by atoms with Crippen molar-refractivity contribution in [3.8, 4) is 0 Å². The Morgan fingerprint density at radius 3 is 2.91 bits per heavy atom. The molecule has 60 valence electrons. The van der Waals surface area contributed by atoms with Crippen molar-refractivity contribution < 1.29 is 5.11 Å². The molecular weight excluding hydrogens is 206 g/mol. The Morgan fingerprint density at radius 2 is 2.36 bits per heavy atom. The molecule has 3 heteroatoms. The highest BCUT2D eigenvalue weighted by Crippen LogP contribution is 2.18. The minimum absolute atomic E-state index is 0.389. The van der Waals surface area contributed by atoms with Gasteiger partial charge in [-0.2, -0.15) is 0 Å². The number of hydrogen-bond acceptors (Lipinski definition) is 2. The molecule has 1 aromatic heterocycles. The van der Waals surface area contributed by atoms with Crippen molar-refractivity contribution in [1.82, 2.24) is 4.98 Å². The molecule has 0 aliphatic rings. The molecule has 0 amide bonds. The van der Waals surface area contributed by atoms with Crippen LogP contribution in [-0.2, 0) is 0 Å². The normalized spacial score (nSPS) is 13.0. The molecule has 1 heterocycles. The lowest BCUT2D eigenvalue weighted by Gasteiger charge is -2.06. The van der Waals surface area contributed by atoms with E-state index in [-0.39, 0.29) is 6.10 Å². The Bertz CT molecular complexity index is 239. The molecule has 0 saturated carbocycles. The molecule has 1 N–H and O–H groups in total. The van der Waals surface area contributed by atoms with E-state index in [1.807, 2.05) is 13.0 Å². The Kier molecular flexibility index (Phi) is 3.02. The van der Waals surface area contributed by atoms with Crippen molar-refractivity contribution in [1.29, 1.82) is 0 Å². The fourth-order valence-electron chi connectivity index (χ4n) is 0.846. The van der Waals surface area contributed by atoms with Crippen molar-refractivity contribution in [2.75, 3.05) is 0 Å². The van der Waals surface area contributed by atoms with Crippen LogP contribution in [0.25, 0.3) is 0 Å². The lowest BCUT2D eigenvalue weighted by atomic mass is 10.1. The Morgan fingerprint density at radius 1 is 1.64 bits per heavy atom. The fraction of sp³-hybridized carbons (Fsp3) is 0.375. The molecule has 0 saturated heterocycles. The molecule has 0 aliphatic carbocycles. The van der Waals surface area contributed by atoms with Gasteiger partial charge in [-0.3, -0.25) is 4.98 Å². The summed E-state index contributed by atoms with van der Waals surface area (Å²) in [7, 11) is 0. The van der Waals surface area contributed by atoms with Crippen LogP contribution in [0, 0.1) is 0 Å². The summed E-state index contributed by atoms with van der Waals surface area (Å²) in [5, 5.41) is 9.39. The third-order valence-electron chi connectivity index (χ3n) is 1.50. The first-order valence-corrected chi connectivity index (χ1v) is 4.32. The number of rotatable bonds is 2. The highest BCUT2D eigenvalue weighted by atomic mass is 79.9. The molecule has 0 aromatic carbocycles. The molecule has 1 rings (SSSR count). The largest absolute Gasteiger partial charge is 0.388 e. The number of hydrogen-bond donors (Lipinski definition) is 1. The number of nitrogens with zero attached hydrogens (tertiary/aromatic N) is 1. The summed E-state index contributed by atoms with van der Waals surface area (Å²) < 4.78 is 0.905. The van der Waals surface area contributed by atoms with Gasteiger partial charge in [-0.05, 0) is 34.0 Å². The van der Waals surface area contributed by atoms with Crippen LogP contribution in [0.3, 0.4) is 0 Å². The monoisotopic (exact) mass is 215 g/mol. The summed E-state index contributed by atoms with van der Waals surface area (Å²) in [5.74, 6) is 0. The Hall–Kier alpha value is -0.410. The van der Waals surface area contributed by atoms with Crippen LogP contribution in [-0.4, -0.2) is 10.1 Å². The molecule has 0 unspecified atom stereocenters. The van der Waals surface area contributed by atoms with Crippen molar-refractivity contribution >= 4 is 15.9 Å². The average molecular weight is 216 g/mol. The van der Waals surface area contributed by atoms with E-state index >= 15 is 0 Å². The maximum absolute atomic E-state index is 9.39. The van der Waals surface area contributed by atoms with E-state index in [0.29, 0.717) is 0 Å². The number of aliphatic hydroxyl groups excluding tert-OH is 1. The fourth-order valence-corrected chi connectivity index (χ4v) is 1.23. The third-order valence-corrected chi connectivity index (χ3v) is 1.93. The van der Waals surface area contributed by atoms with Crippen LogP contribution in [0.4, 0.5) is 0 Å². The highest BCUT2D eigenvalue weighted by molar-refractivity contribution is 9.10. The summed E-state index contributed by atoms with van der Waals surface area (Å²) in [4.78, 5) is 3.95. The molecule has 0 aliphatic heterocycles. The second-order valence-electron chi connectivity index (χ2n) is 2.36. The van der Waals surface area contributed by atoms with Gasteiger partial charge in [0.15, 0.2) is 0 Å². The van der Waals surface area contributed by atoms with Gasteiger partial charge in [0, 0.05) is 16.9 Å². The van der Waals surface area contributed by atoms with Crippen molar-refractivity contribution in [3.05, 3.63) is 28.5 Å². The molecule has 1 atom stereocenters. The predicted molar refractivity (Wildman–Crippen MR) is 47.2 cm³/mol. The summed E-state index contributed by atoms with van der Waals surface area (Å²) in [6.07, 6.45) is 3.71. The average Bonchev–Trinajstić information content (AvgIpc) is 2.03. The van der Waals surface area contributed by atoms with E-state index in [4.69, 9.17) is 0 Å². The number of aliphatic hydroxyl groups is 1. The van der Waals surface area contributed by atoms with Gasteiger partial charge >= 0.3 is 0 Å². The summed E-state index contributed by atoms with van der Waals surface area (Å²) in [6.45, 7) is 1.94.